The van der Waals surface area contributed by atoms with Crippen molar-refractivity contribution in [2.45, 2.75) is 32.9 Å². The summed E-state index contributed by atoms with van der Waals surface area (Å²) in [6.45, 7) is 7.49. The monoisotopic (exact) mass is 250 g/mol. The molecule has 3 nitrogen and oxygen atoms in total. The second-order valence-corrected chi connectivity index (χ2v) is 5.30. The highest BCUT2D eigenvalue weighted by Crippen LogP contribution is 2.26. The van der Waals surface area contributed by atoms with E-state index in [0.717, 1.165) is 12.3 Å². The smallest absolute Gasteiger partial charge is 0.123 e. The Morgan fingerprint density at radius 2 is 1.94 bits per heavy atom. The molecule has 0 saturated carbocycles. The van der Waals surface area contributed by atoms with Gasteiger partial charge in [-0.05, 0) is 46.5 Å². The molecule has 1 N–H and O–H groups in total. The van der Waals surface area contributed by atoms with Crippen molar-refractivity contribution in [2.75, 3.05) is 27.7 Å². The van der Waals surface area contributed by atoms with E-state index in [4.69, 9.17) is 4.74 Å². The average Bonchev–Trinajstić information content (AvgIpc) is 2.27. The van der Waals surface area contributed by atoms with E-state index in [1.54, 1.807) is 7.11 Å². The molecule has 2 atom stereocenters. The van der Waals surface area contributed by atoms with Crippen molar-refractivity contribution in [3.8, 4) is 5.75 Å². The van der Waals surface area contributed by atoms with Gasteiger partial charge < -0.3 is 15.0 Å². The zero-order valence-electron chi connectivity index (χ0n) is 12.4. The quantitative estimate of drug-likeness (QED) is 0.840. The Kier molecular flexibility index (Phi) is 5.63. The third-order valence-corrected chi connectivity index (χ3v) is 3.03. The minimum atomic E-state index is 0.287. The summed E-state index contributed by atoms with van der Waals surface area (Å²) in [5, 5.41) is 3.60. The van der Waals surface area contributed by atoms with Crippen LogP contribution in [0.1, 0.15) is 31.0 Å². The third kappa shape index (κ3) is 4.31. The molecular formula is C15H26N2O. The van der Waals surface area contributed by atoms with Crippen molar-refractivity contribution in [1.29, 1.82) is 0 Å². The molecule has 18 heavy (non-hydrogen) atoms. The number of ether oxygens (including phenoxy) is 1. The normalized spacial score (nSPS) is 14.6. The Labute approximate surface area is 111 Å². The highest BCUT2D eigenvalue weighted by molar-refractivity contribution is 5.39. The molecule has 0 aliphatic heterocycles. The molecule has 3 heteroatoms. The Bertz CT molecular complexity index is 377. The van der Waals surface area contributed by atoms with Gasteiger partial charge in [-0.25, -0.2) is 0 Å². The number of methoxy groups -OCH3 is 1. The van der Waals surface area contributed by atoms with Gasteiger partial charge in [0.05, 0.1) is 7.11 Å². The molecule has 1 aromatic carbocycles. The fraction of sp³-hybridized carbons (Fsp3) is 0.600. The predicted octanol–water partition coefficient (Wildman–Crippen LogP) is 2.60. The first-order valence-electron chi connectivity index (χ1n) is 6.49. The van der Waals surface area contributed by atoms with E-state index in [9.17, 15) is 0 Å². The zero-order chi connectivity index (χ0) is 13.7. The van der Waals surface area contributed by atoms with Crippen LogP contribution in [0, 0.1) is 6.92 Å². The lowest BCUT2D eigenvalue weighted by atomic mass is 10.0. The Morgan fingerprint density at radius 1 is 1.28 bits per heavy atom. The van der Waals surface area contributed by atoms with Crippen LogP contribution in [0.25, 0.3) is 0 Å². The van der Waals surface area contributed by atoms with Gasteiger partial charge in [-0.1, -0.05) is 12.1 Å². The molecule has 0 radical (unpaired) electrons. The van der Waals surface area contributed by atoms with Crippen molar-refractivity contribution in [2.24, 2.45) is 0 Å². The summed E-state index contributed by atoms with van der Waals surface area (Å²) in [6.07, 6.45) is 0. The third-order valence-electron chi connectivity index (χ3n) is 3.03. The number of hydrogen-bond acceptors (Lipinski definition) is 3. The maximum Gasteiger partial charge on any atom is 0.123 e. The molecule has 0 fully saturated rings. The first kappa shape index (κ1) is 15.0. The summed E-state index contributed by atoms with van der Waals surface area (Å²) in [4.78, 5) is 2.19. The standard InChI is InChI=1S/C15H26N2O/c1-11-7-8-14(15(9-11)18-6)13(3)16-12(2)10-17(4)5/h7-9,12-13,16H,10H2,1-6H3. The molecule has 0 heterocycles. The van der Waals surface area contributed by atoms with Crippen LogP contribution < -0.4 is 10.1 Å². The van der Waals surface area contributed by atoms with E-state index in [2.05, 4.69) is 63.3 Å². The van der Waals surface area contributed by atoms with E-state index in [1.165, 1.54) is 11.1 Å². The molecule has 102 valence electrons. The minimum Gasteiger partial charge on any atom is -0.496 e. The van der Waals surface area contributed by atoms with E-state index in [-0.39, 0.29) is 6.04 Å². The SMILES string of the molecule is COc1cc(C)ccc1C(C)NC(C)CN(C)C. The highest BCUT2D eigenvalue weighted by atomic mass is 16.5. The van der Waals surface area contributed by atoms with Crippen LogP contribution in [0.4, 0.5) is 0 Å². The molecular weight excluding hydrogens is 224 g/mol. The Morgan fingerprint density at radius 3 is 2.50 bits per heavy atom. The molecule has 0 bridgehead atoms. The molecule has 1 rings (SSSR count). The van der Waals surface area contributed by atoms with Gasteiger partial charge in [0.2, 0.25) is 0 Å². The number of likely N-dealkylation sites (N-methyl/N-ethyl adjacent to an activating group) is 1. The second-order valence-electron chi connectivity index (χ2n) is 5.30. The summed E-state index contributed by atoms with van der Waals surface area (Å²) >= 11 is 0. The van der Waals surface area contributed by atoms with Gasteiger partial charge in [0.1, 0.15) is 5.75 Å². The molecule has 1 aromatic rings. The van der Waals surface area contributed by atoms with Gasteiger partial charge in [0.15, 0.2) is 0 Å². The molecule has 0 aliphatic carbocycles. The number of nitrogens with zero attached hydrogens (tertiary/aromatic N) is 1. The van der Waals surface area contributed by atoms with Crippen molar-refractivity contribution in [1.82, 2.24) is 10.2 Å². The van der Waals surface area contributed by atoms with Crippen molar-refractivity contribution < 1.29 is 4.74 Å². The maximum atomic E-state index is 5.46. The average molecular weight is 250 g/mol. The van der Waals surface area contributed by atoms with Crippen LogP contribution in [-0.4, -0.2) is 38.7 Å². The van der Waals surface area contributed by atoms with Gasteiger partial charge >= 0.3 is 0 Å². The second kappa shape index (κ2) is 6.76. The van der Waals surface area contributed by atoms with Gasteiger partial charge in [-0.15, -0.1) is 0 Å². The summed E-state index contributed by atoms with van der Waals surface area (Å²) < 4.78 is 5.46. The van der Waals surface area contributed by atoms with Crippen molar-refractivity contribution in [3.05, 3.63) is 29.3 Å². The first-order valence-corrected chi connectivity index (χ1v) is 6.49. The van der Waals surface area contributed by atoms with Gasteiger partial charge in [0.25, 0.3) is 0 Å². The van der Waals surface area contributed by atoms with Crippen LogP contribution in [-0.2, 0) is 0 Å². The van der Waals surface area contributed by atoms with Gasteiger partial charge in [-0.2, -0.15) is 0 Å². The largest absolute Gasteiger partial charge is 0.496 e. The predicted molar refractivity (Wildman–Crippen MR) is 77.3 cm³/mol. The van der Waals surface area contributed by atoms with E-state index < -0.39 is 0 Å². The fourth-order valence-electron chi connectivity index (χ4n) is 2.29. The van der Waals surface area contributed by atoms with Crippen molar-refractivity contribution in [3.63, 3.8) is 0 Å². The number of nitrogens with one attached hydrogen (secondary N) is 1. The number of benzene rings is 1. The summed E-state index contributed by atoms with van der Waals surface area (Å²) in [5.74, 6) is 0.965. The first-order chi connectivity index (χ1) is 8.43. The summed E-state index contributed by atoms with van der Waals surface area (Å²) in [5.41, 5.74) is 2.44. The lowest BCUT2D eigenvalue weighted by molar-refractivity contribution is 0.330. The zero-order valence-corrected chi connectivity index (χ0v) is 12.4. The fourth-order valence-corrected chi connectivity index (χ4v) is 2.29. The maximum absolute atomic E-state index is 5.46. The van der Waals surface area contributed by atoms with Crippen LogP contribution >= 0.6 is 0 Å². The summed E-state index contributed by atoms with van der Waals surface area (Å²) in [6, 6.07) is 7.10. The molecule has 0 saturated heterocycles. The van der Waals surface area contributed by atoms with Crippen LogP contribution in [0.15, 0.2) is 18.2 Å². The molecule has 2 unspecified atom stereocenters. The van der Waals surface area contributed by atoms with Crippen LogP contribution in [0.5, 0.6) is 5.75 Å². The summed E-state index contributed by atoms with van der Waals surface area (Å²) in [7, 11) is 5.92. The van der Waals surface area contributed by atoms with Crippen molar-refractivity contribution >= 4 is 0 Å². The highest BCUT2D eigenvalue weighted by Gasteiger charge is 2.14. The topological polar surface area (TPSA) is 24.5 Å². The number of rotatable bonds is 6. The molecule has 0 aliphatic rings. The van der Waals surface area contributed by atoms with Gasteiger partial charge in [-0.3, -0.25) is 0 Å². The van der Waals surface area contributed by atoms with E-state index in [1.807, 2.05) is 0 Å². The number of hydrogen-bond donors (Lipinski definition) is 1. The molecule has 0 amide bonds. The number of aryl methyl sites for hydroxylation is 1. The molecule has 0 aromatic heterocycles. The minimum absolute atomic E-state index is 0.287. The Hall–Kier alpha value is -1.06. The van der Waals surface area contributed by atoms with E-state index >= 15 is 0 Å². The van der Waals surface area contributed by atoms with Gasteiger partial charge in [0, 0.05) is 24.2 Å². The van der Waals surface area contributed by atoms with Crippen LogP contribution in [0.3, 0.4) is 0 Å². The Balaban J connectivity index is 2.74. The van der Waals surface area contributed by atoms with Crippen LogP contribution in [0.2, 0.25) is 0 Å². The lowest BCUT2D eigenvalue weighted by Crippen LogP contribution is -2.37. The van der Waals surface area contributed by atoms with E-state index in [0.29, 0.717) is 6.04 Å². The lowest BCUT2D eigenvalue weighted by Gasteiger charge is -2.24. The molecule has 0 spiro atoms.